The summed E-state index contributed by atoms with van der Waals surface area (Å²) in [6.45, 7) is 2.68. The van der Waals surface area contributed by atoms with Gasteiger partial charge in [-0.15, -0.1) is 11.3 Å². The molecular weight excluding hydrogens is 372 g/mol. The molecule has 0 unspecified atom stereocenters. The number of thiazole rings is 1. The van der Waals surface area contributed by atoms with Crippen LogP contribution in [0.1, 0.15) is 40.2 Å². The molecule has 0 bridgehead atoms. The molecule has 6 nitrogen and oxygen atoms in total. The highest BCUT2D eigenvalue weighted by Gasteiger charge is 2.36. The van der Waals surface area contributed by atoms with E-state index in [9.17, 15) is 4.79 Å². The number of imidazole rings is 1. The lowest BCUT2D eigenvalue weighted by atomic mass is 9.99. The number of nitrogens with zero attached hydrogens (tertiary/aromatic N) is 3. The van der Waals surface area contributed by atoms with Crippen molar-refractivity contribution in [3.05, 3.63) is 69.9 Å². The molecule has 0 radical (unpaired) electrons. The quantitative estimate of drug-likeness (QED) is 0.569. The van der Waals surface area contributed by atoms with Crippen LogP contribution in [0, 0.1) is 6.92 Å². The van der Waals surface area contributed by atoms with E-state index in [0.29, 0.717) is 19.4 Å². The van der Waals surface area contributed by atoms with Crippen molar-refractivity contribution in [3.63, 3.8) is 0 Å². The third-order valence-corrected chi connectivity index (χ3v) is 6.15. The molecular formula is C21H20N4O2S. The van der Waals surface area contributed by atoms with E-state index in [1.54, 1.807) is 23.9 Å². The van der Waals surface area contributed by atoms with Gasteiger partial charge in [0.15, 0.2) is 0 Å². The van der Waals surface area contributed by atoms with Crippen LogP contribution >= 0.6 is 11.3 Å². The SMILES string of the molecule is Cc1cccc2cc([C@@H]3c4nc[nH]c4CCN3C(=O)CCc3nccs3)oc12. The van der Waals surface area contributed by atoms with Crippen molar-refractivity contribution in [2.75, 3.05) is 6.54 Å². The standard InChI is InChI=1S/C21H20N4O2S/c1-13-3-2-4-14-11-16(27-21(13)14)20-19-15(23-12-24-19)7-9-25(20)18(26)6-5-17-22-8-10-28-17/h2-4,8,10-12,20H,5-7,9H2,1H3,(H,23,24)/t20-/m1/s1. The number of hydrogen-bond acceptors (Lipinski definition) is 5. The predicted octanol–water partition coefficient (Wildman–Crippen LogP) is 4.03. The summed E-state index contributed by atoms with van der Waals surface area (Å²) in [5.74, 6) is 0.867. The number of carbonyl (C=O) groups excluding carboxylic acids is 1. The van der Waals surface area contributed by atoms with Crippen molar-refractivity contribution in [1.29, 1.82) is 0 Å². The van der Waals surface area contributed by atoms with Gasteiger partial charge in [0, 0.05) is 48.5 Å². The fourth-order valence-corrected chi connectivity index (χ4v) is 4.55. The zero-order chi connectivity index (χ0) is 19.1. The third kappa shape index (κ3) is 2.92. The second-order valence-corrected chi connectivity index (χ2v) is 8.05. The summed E-state index contributed by atoms with van der Waals surface area (Å²) < 4.78 is 6.24. The maximum absolute atomic E-state index is 13.1. The second kappa shape index (κ2) is 6.91. The van der Waals surface area contributed by atoms with Gasteiger partial charge in [0.25, 0.3) is 0 Å². The molecule has 1 amide bonds. The van der Waals surface area contributed by atoms with E-state index in [2.05, 4.69) is 15.0 Å². The Morgan fingerprint density at radius 1 is 1.39 bits per heavy atom. The van der Waals surface area contributed by atoms with Gasteiger partial charge in [-0.2, -0.15) is 0 Å². The van der Waals surface area contributed by atoms with Crippen LogP contribution in [0.5, 0.6) is 0 Å². The summed E-state index contributed by atoms with van der Waals surface area (Å²) in [7, 11) is 0. The highest BCUT2D eigenvalue weighted by Crippen LogP contribution is 2.37. The van der Waals surface area contributed by atoms with Gasteiger partial charge in [-0.25, -0.2) is 9.97 Å². The molecule has 1 N–H and O–H groups in total. The minimum atomic E-state index is -0.300. The van der Waals surface area contributed by atoms with Crippen LogP contribution in [0.15, 0.2) is 46.6 Å². The van der Waals surface area contributed by atoms with Crippen LogP contribution in [0.25, 0.3) is 11.0 Å². The summed E-state index contributed by atoms with van der Waals surface area (Å²) in [5, 5.41) is 3.98. The molecule has 0 spiro atoms. The first-order chi connectivity index (χ1) is 13.7. The molecule has 1 aromatic carbocycles. The molecule has 1 aliphatic rings. The molecule has 142 valence electrons. The number of furan rings is 1. The van der Waals surface area contributed by atoms with Crippen LogP contribution in [-0.2, 0) is 17.6 Å². The van der Waals surface area contributed by atoms with Gasteiger partial charge in [0.05, 0.1) is 17.0 Å². The van der Waals surface area contributed by atoms with E-state index in [1.807, 2.05) is 41.5 Å². The Bertz CT molecular complexity index is 1130. The fourth-order valence-electron chi connectivity index (χ4n) is 3.93. The van der Waals surface area contributed by atoms with Crippen molar-refractivity contribution >= 4 is 28.2 Å². The Morgan fingerprint density at radius 2 is 2.32 bits per heavy atom. The second-order valence-electron chi connectivity index (χ2n) is 7.07. The number of benzene rings is 1. The molecule has 4 aromatic rings. The number of carbonyl (C=O) groups is 1. The first kappa shape index (κ1) is 17.2. The Labute approximate surface area is 166 Å². The van der Waals surface area contributed by atoms with Gasteiger partial charge in [0.1, 0.15) is 17.4 Å². The fraction of sp³-hybridized carbons (Fsp3) is 0.286. The Morgan fingerprint density at radius 3 is 3.14 bits per heavy atom. The molecule has 4 heterocycles. The first-order valence-corrected chi connectivity index (χ1v) is 10.3. The number of hydrogen-bond donors (Lipinski definition) is 1. The maximum Gasteiger partial charge on any atom is 0.223 e. The van der Waals surface area contributed by atoms with Crippen molar-refractivity contribution in [3.8, 4) is 0 Å². The average Bonchev–Trinajstić information content (AvgIpc) is 3.45. The van der Waals surface area contributed by atoms with Crippen LogP contribution in [0.2, 0.25) is 0 Å². The number of para-hydroxylation sites is 1. The summed E-state index contributed by atoms with van der Waals surface area (Å²) in [6.07, 6.45) is 5.35. The highest BCUT2D eigenvalue weighted by atomic mass is 32.1. The van der Waals surface area contributed by atoms with Gasteiger partial charge < -0.3 is 14.3 Å². The van der Waals surface area contributed by atoms with E-state index in [0.717, 1.165) is 45.1 Å². The molecule has 1 aliphatic heterocycles. The third-order valence-electron chi connectivity index (χ3n) is 5.31. The lowest BCUT2D eigenvalue weighted by molar-refractivity contribution is -0.133. The molecule has 1 atom stereocenters. The zero-order valence-electron chi connectivity index (χ0n) is 15.5. The molecule has 0 aliphatic carbocycles. The Hall–Kier alpha value is -2.93. The van der Waals surface area contributed by atoms with Crippen molar-refractivity contribution < 1.29 is 9.21 Å². The summed E-state index contributed by atoms with van der Waals surface area (Å²) in [5.41, 5.74) is 3.91. The van der Waals surface area contributed by atoms with Crippen LogP contribution in [-0.4, -0.2) is 32.3 Å². The van der Waals surface area contributed by atoms with Gasteiger partial charge in [-0.05, 0) is 18.6 Å². The number of H-pyrrole nitrogens is 1. The Kier molecular flexibility index (Phi) is 4.24. The van der Waals surface area contributed by atoms with E-state index in [4.69, 9.17) is 4.42 Å². The summed E-state index contributed by atoms with van der Waals surface area (Å²) in [4.78, 5) is 27.1. The number of aryl methyl sites for hydroxylation is 2. The highest BCUT2D eigenvalue weighted by molar-refractivity contribution is 7.09. The van der Waals surface area contributed by atoms with E-state index < -0.39 is 0 Å². The Balaban J connectivity index is 1.50. The van der Waals surface area contributed by atoms with Gasteiger partial charge in [-0.3, -0.25) is 4.79 Å². The monoisotopic (exact) mass is 392 g/mol. The van der Waals surface area contributed by atoms with E-state index in [-0.39, 0.29) is 11.9 Å². The lowest BCUT2D eigenvalue weighted by Crippen LogP contribution is -2.40. The normalized spacial score (nSPS) is 16.5. The van der Waals surface area contributed by atoms with E-state index in [1.165, 1.54) is 0 Å². The lowest BCUT2D eigenvalue weighted by Gasteiger charge is -2.33. The van der Waals surface area contributed by atoms with Crippen LogP contribution in [0.4, 0.5) is 0 Å². The van der Waals surface area contributed by atoms with Gasteiger partial charge in [0.2, 0.25) is 5.91 Å². The molecule has 0 fully saturated rings. The van der Waals surface area contributed by atoms with Gasteiger partial charge >= 0.3 is 0 Å². The number of rotatable bonds is 4. The van der Waals surface area contributed by atoms with Gasteiger partial charge in [-0.1, -0.05) is 18.2 Å². The number of aromatic nitrogens is 3. The molecule has 7 heteroatoms. The largest absolute Gasteiger partial charge is 0.458 e. The summed E-state index contributed by atoms with van der Waals surface area (Å²) >= 11 is 1.59. The maximum atomic E-state index is 13.1. The summed E-state index contributed by atoms with van der Waals surface area (Å²) in [6, 6.07) is 7.84. The minimum absolute atomic E-state index is 0.103. The first-order valence-electron chi connectivity index (χ1n) is 9.40. The van der Waals surface area contributed by atoms with Crippen LogP contribution < -0.4 is 0 Å². The number of aromatic amines is 1. The smallest absolute Gasteiger partial charge is 0.223 e. The number of amides is 1. The zero-order valence-corrected chi connectivity index (χ0v) is 16.3. The molecule has 28 heavy (non-hydrogen) atoms. The predicted molar refractivity (Wildman–Crippen MR) is 107 cm³/mol. The number of nitrogens with one attached hydrogen (secondary N) is 1. The van der Waals surface area contributed by atoms with E-state index >= 15 is 0 Å². The van der Waals surface area contributed by atoms with Crippen molar-refractivity contribution in [1.82, 2.24) is 19.9 Å². The number of fused-ring (bicyclic) bond motifs is 2. The molecule has 0 saturated carbocycles. The molecule has 0 saturated heterocycles. The molecule has 5 rings (SSSR count). The molecule has 3 aromatic heterocycles. The topological polar surface area (TPSA) is 75.0 Å². The van der Waals surface area contributed by atoms with Crippen LogP contribution in [0.3, 0.4) is 0 Å². The average molecular weight is 392 g/mol. The minimum Gasteiger partial charge on any atom is -0.458 e. The van der Waals surface area contributed by atoms with Crippen molar-refractivity contribution in [2.45, 2.75) is 32.2 Å². The van der Waals surface area contributed by atoms with Crippen molar-refractivity contribution in [2.24, 2.45) is 0 Å².